The predicted octanol–water partition coefficient (Wildman–Crippen LogP) is 3.60. The van der Waals surface area contributed by atoms with Gasteiger partial charge in [-0.25, -0.2) is 4.98 Å². The molecule has 31 heavy (non-hydrogen) atoms. The number of fused-ring (bicyclic) bond motifs is 1. The number of hydrogen-bond acceptors (Lipinski definition) is 4. The second kappa shape index (κ2) is 8.14. The Kier molecular flexibility index (Phi) is 5.53. The van der Waals surface area contributed by atoms with Crippen molar-refractivity contribution in [2.45, 2.75) is 32.0 Å². The topological polar surface area (TPSA) is 72.7 Å². The highest BCUT2D eigenvalue weighted by molar-refractivity contribution is 5.95. The van der Waals surface area contributed by atoms with Crippen LogP contribution < -0.4 is 10.9 Å². The Morgan fingerprint density at radius 2 is 1.84 bits per heavy atom. The standard InChI is InChI=1S/C22H20F3N3O3/c1-13-18(22(23,24)25)27-19-17(3-2-10-28(19)21(13)30)14-4-6-15(7-5-14)20(29)26-16-8-11-31-12-9-16/h2-7,10,16H,8-9,11-12H2,1H3,(H,26,29). The van der Waals surface area contributed by atoms with E-state index in [1.165, 1.54) is 6.20 Å². The minimum Gasteiger partial charge on any atom is -0.381 e. The van der Waals surface area contributed by atoms with E-state index in [0.29, 0.717) is 29.9 Å². The van der Waals surface area contributed by atoms with Crippen molar-refractivity contribution in [3.63, 3.8) is 0 Å². The number of pyridine rings is 1. The summed E-state index contributed by atoms with van der Waals surface area (Å²) in [5.74, 6) is -0.222. The van der Waals surface area contributed by atoms with Gasteiger partial charge in [0.05, 0.1) is 0 Å². The van der Waals surface area contributed by atoms with Crippen LogP contribution in [0.15, 0.2) is 47.4 Å². The maximum absolute atomic E-state index is 13.4. The normalized spacial score (nSPS) is 15.2. The van der Waals surface area contributed by atoms with Crippen molar-refractivity contribution in [2.24, 2.45) is 0 Å². The van der Waals surface area contributed by atoms with Crippen LogP contribution in [0, 0.1) is 6.92 Å². The SMILES string of the molecule is Cc1c(C(F)(F)F)nc2c(-c3ccc(C(=O)NC4CCOCC4)cc3)cccn2c1=O. The van der Waals surface area contributed by atoms with Crippen molar-refractivity contribution < 1.29 is 22.7 Å². The van der Waals surface area contributed by atoms with Crippen LogP contribution in [0.3, 0.4) is 0 Å². The Bertz CT molecular complexity index is 1180. The Balaban J connectivity index is 1.69. The number of nitrogens with zero attached hydrogens (tertiary/aromatic N) is 2. The Morgan fingerprint density at radius 1 is 1.16 bits per heavy atom. The van der Waals surface area contributed by atoms with Crippen LogP contribution in [0.2, 0.25) is 0 Å². The number of halogens is 3. The summed E-state index contributed by atoms with van der Waals surface area (Å²) in [6, 6.07) is 9.69. The minimum absolute atomic E-state index is 0.0547. The molecule has 9 heteroatoms. The zero-order valence-corrected chi connectivity index (χ0v) is 16.7. The number of nitrogens with one attached hydrogen (secondary N) is 1. The van der Waals surface area contributed by atoms with Crippen LogP contribution in [0.4, 0.5) is 13.2 Å². The number of carbonyl (C=O) groups excluding carboxylic acids is 1. The molecule has 0 spiro atoms. The van der Waals surface area contributed by atoms with Gasteiger partial charge in [-0.1, -0.05) is 12.1 Å². The van der Waals surface area contributed by atoms with E-state index < -0.39 is 23.0 Å². The van der Waals surface area contributed by atoms with Gasteiger partial charge in [0.2, 0.25) is 0 Å². The summed E-state index contributed by atoms with van der Waals surface area (Å²) in [5, 5.41) is 2.96. The molecular formula is C22H20F3N3O3. The largest absolute Gasteiger partial charge is 0.433 e. The number of hydrogen-bond donors (Lipinski definition) is 1. The average Bonchev–Trinajstić information content (AvgIpc) is 2.76. The van der Waals surface area contributed by atoms with E-state index in [1.807, 2.05) is 0 Å². The van der Waals surface area contributed by atoms with Crippen LogP contribution in [-0.4, -0.2) is 34.5 Å². The monoisotopic (exact) mass is 431 g/mol. The van der Waals surface area contributed by atoms with Crippen molar-refractivity contribution in [1.82, 2.24) is 14.7 Å². The van der Waals surface area contributed by atoms with Crippen LogP contribution in [0.25, 0.3) is 16.8 Å². The quantitative estimate of drug-likeness (QED) is 0.688. The Morgan fingerprint density at radius 3 is 2.48 bits per heavy atom. The molecule has 162 valence electrons. The molecule has 1 fully saturated rings. The predicted molar refractivity (Wildman–Crippen MR) is 108 cm³/mol. The lowest BCUT2D eigenvalue weighted by molar-refractivity contribution is -0.141. The molecule has 4 rings (SSSR count). The number of ether oxygens (including phenoxy) is 1. The summed E-state index contributed by atoms with van der Waals surface area (Å²) in [6.07, 6.45) is -1.85. The fourth-order valence-corrected chi connectivity index (χ4v) is 3.66. The summed E-state index contributed by atoms with van der Waals surface area (Å²) in [4.78, 5) is 28.7. The van der Waals surface area contributed by atoms with Crippen LogP contribution in [-0.2, 0) is 10.9 Å². The van der Waals surface area contributed by atoms with E-state index >= 15 is 0 Å². The summed E-state index contributed by atoms with van der Waals surface area (Å²) in [6.45, 7) is 2.33. The zero-order valence-electron chi connectivity index (χ0n) is 16.7. The van der Waals surface area contributed by atoms with E-state index in [-0.39, 0.29) is 17.6 Å². The van der Waals surface area contributed by atoms with Gasteiger partial charge in [0.1, 0.15) is 5.65 Å². The van der Waals surface area contributed by atoms with Gasteiger partial charge in [-0.15, -0.1) is 0 Å². The van der Waals surface area contributed by atoms with Gasteiger partial charge in [0.15, 0.2) is 5.69 Å². The molecule has 0 atom stereocenters. The lowest BCUT2D eigenvalue weighted by Gasteiger charge is -2.23. The molecule has 1 aromatic carbocycles. The van der Waals surface area contributed by atoms with Gasteiger partial charge in [-0.2, -0.15) is 13.2 Å². The maximum Gasteiger partial charge on any atom is 0.433 e. The third-order valence-electron chi connectivity index (χ3n) is 5.36. The molecule has 1 aliphatic heterocycles. The molecule has 0 radical (unpaired) electrons. The summed E-state index contributed by atoms with van der Waals surface area (Å²) < 4.78 is 46.5. The highest BCUT2D eigenvalue weighted by Gasteiger charge is 2.36. The second-order valence-electron chi connectivity index (χ2n) is 7.44. The molecule has 6 nitrogen and oxygen atoms in total. The highest BCUT2D eigenvalue weighted by Crippen LogP contribution is 2.31. The highest BCUT2D eigenvalue weighted by atomic mass is 19.4. The first-order valence-corrected chi connectivity index (χ1v) is 9.84. The van der Waals surface area contributed by atoms with E-state index in [9.17, 15) is 22.8 Å². The molecule has 1 aliphatic rings. The van der Waals surface area contributed by atoms with Gasteiger partial charge in [0.25, 0.3) is 11.5 Å². The van der Waals surface area contributed by atoms with Crippen molar-refractivity contribution >= 4 is 11.6 Å². The second-order valence-corrected chi connectivity index (χ2v) is 7.44. The fraction of sp³-hybridized carbons (Fsp3) is 0.318. The van der Waals surface area contributed by atoms with Gasteiger partial charge >= 0.3 is 6.18 Å². The van der Waals surface area contributed by atoms with Gasteiger partial charge in [-0.3, -0.25) is 14.0 Å². The summed E-state index contributed by atoms with van der Waals surface area (Å²) >= 11 is 0. The lowest BCUT2D eigenvalue weighted by atomic mass is 10.0. The molecule has 0 aliphatic carbocycles. The number of carbonyl (C=O) groups is 1. The van der Waals surface area contributed by atoms with Crippen LogP contribution in [0.5, 0.6) is 0 Å². The summed E-state index contributed by atoms with van der Waals surface area (Å²) in [7, 11) is 0. The smallest absolute Gasteiger partial charge is 0.381 e. The third kappa shape index (κ3) is 4.18. The molecular weight excluding hydrogens is 411 g/mol. The molecule has 1 saturated heterocycles. The van der Waals surface area contributed by atoms with Crippen molar-refractivity contribution in [2.75, 3.05) is 13.2 Å². The zero-order chi connectivity index (χ0) is 22.2. The van der Waals surface area contributed by atoms with Crippen LogP contribution >= 0.6 is 0 Å². The summed E-state index contributed by atoms with van der Waals surface area (Å²) in [5.41, 5.74) is -1.17. The molecule has 3 heterocycles. The number of amides is 1. The van der Waals surface area contributed by atoms with E-state index in [1.54, 1.807) is 36.4 Å². The van der Waals surface area contributed by atoms with Crippen LogP contribution in [0.1, 0.15) is 34.5 Å². The molecule has 3 aromatic rings. The Labute approximate surface area is 175 Å². The fourth-order valence-electron chi connectivity index (χ4n) is 3.66. The van der Waals surface area contributed by atoms with Gasteiger partial charge in [-0.05, 0) is 49.6 Å². The molecule has 0 bridgehead atoms. The first kappa shape index (κ1) is 21.0. The van der Waals surface area contributed by atoms with Crippen molar-refractivity contribution in [3.05, 3.63) is 69.8 Å². The number of benzene rings is 1. The van der Waals surface area contributed by atoms with Gasteiger partial charge in [0, 0.05) is 42.1 Å². The first-order valence-electron chi connectivity index (χ1n) is 9.84. The molecule has 1 amide bonds. The lowest BCUT2D eigenvalue weighted by Crippen LogP contribution is -2.38. The number of rotatable bonds is 3. The van der Waals surface area contributed by atoms with Gasteiger partial charge < -0.3 is 10.1 Å². The number of aromatic nitrogens is 2. The minimum atomic E-state index is -4.74. The average molecular weight is 431 g/mol. The molecule has 1 N–H and O–H groups in total. The molecule has 0 unspecified atom stereocenters. The third-order valence-corrected chi connectivity index (χ3v) is 5.36. The first-order chi connectivity index (χ1) is 14.8. The number of alkyl halides is 3. The maximum atomic E-state index is 13.4. The van der Waals surface area contributed by atoms with E-state index in [0.717, 1.165) is 24.2 Å². The van der Waals surface area contributed by atoms with Crippen molar-refractivity contribution in [3.8, 4) is 11.1 Å². The van der Waals surface area contributed by atoms with E-state index in [4.69, 9.17) is 4.74 Å². The molecule has 2 aromatic heterocycles. The Hall–Kier alpha value is -3.20. The van der Waals surface area contributed by atoms with Crippen molar-refractivity contribution in [1.29, 1.82) is 0 Å². The molecule has 0 saturated carbocycles. The van der Waals surface area contributed by atoms with E-state index in [2.05, 4.69) is 10.3 Å².